The molecule has 0 fully saturated rings. The molecule has 4 heteroatoms. The lowest BCUT2D eigenvalue weighted by Gasteiger charge is -2.07. The van der Waals surface area contributed by atoms with E-state index < -0.39 is 0 Å². The van der Waals surface area contributed by atoms with E-state index in [1.807, 2.05) is 30.5 Å². The van der Waals surface area contributed by atoms with E-state index in [1.165, 1.54) is 5.39 Å². The average Bonchev–Trinajstić information content (AvgIpc) is 2.91. The van der Waals surface area contributed by atoms with Crippen LogP contribution in [0.25, 0.3) is 21.8 Å². The summed E-state index contributed by atoms with van der Waals surface area (Å²) in [5.41, 5.74) is 4.46. The van der Waals surface area contributed by atoms with Crippen LogP contribution in [0.4, 0.5) is 5.69 Å². The SMILES string of the molecule is Clc1cccc(CNc2ccc3c(c2)[nH]c2ccncc23)c1. The highest BCUT2D eigenvalue weighted by atomic mass is 35.5. The minimum absolute atomic E-state index is 0.744. The summed E-state index contributed by atoms with van der Waals surface area (Å²) < 4.78 is 0. The predicted molar refractivity (Wildman–Crippen MR) is 92.4 cm³/mol. The maximum absolute atomic E-state index is 6.01. The predicted octanol–water partition coefficient (Wildman–Crippen LogP) is 4.98. The zero-order valence-electron chi connectivity index (χ0n) is 11.8. The highest BCUT2D eigenvalue weighted by molar-refractivity contribution is 6.30. The van der Waals surface area contributed by atoms with Crippen LogP contribution in [0.5, 0.6) is 0 Å². The number of nitrogens with zero attached hydrogens (tertiary/aromatic N) is 1. The fraction of sp³-hybridized carbons (Fsp3) is 0.0556. The van der Waals surface area contributed by atoms with Crippen LogP contribution in [0.3, 0.4) is 0 Å². The quantitative estimate of drug-likeness (QED) is 0.560. The largest absolute Gasteiger partial charge is 0.381 e. The van der Waals surface area contributed by atoms with Gasteiger partial charge in [0.05, 0.1) is 0 Å². The van der Waals surface area contributed by atoms with Crippen LogP contribution in [0.15, 0.2) is 60.9 Å². The van der Waals surface area contributed by atoms with Crippen molar-refractivity contribution in [1.29, 1.82) is 0 Å². The molecular weight excluding hydrogens is 294 g/mol. The van der Waals surface area contributed by atoms with Gasteiger partial charge < -0.3 is 10.3 Å². The van der Waals surface area contributed by atoms with Crippen LogP contribution >= 0.6 is 11.6 Å². The van der Waals surface area contributed by atoms with Crippen molar-refractivity contribution in [3.05, 3.63) is 71.5 Å². The topological polar surface area (TPSA) is 40.7 Å². The molecular formula is C18H14ClN3. The fourth-order valence-electron chi connectivity index (χ4n) is 2.71. The average molecular weight is 308 g/mol. The number of halogens is 1. The van der Waals surface area contributed by atoms with Crippen LogP contribution in [-0.2, 0) is 6.54 Å². The number of benzene rings is 2. The van der Waals surface area contributed by atoms with Crippen molar-refractivity contribution in [2.24, 2.45) is 0 Å². The summed E-state index contributed by atoms with van der Waals surface area (Å²) in [4.78, 5) is 7.62. The molecule has 108 valence electrons. The van der Waals surface area contributed by atoms with E-state index in [9.17, 15) is 0 Å². The Kier molecular flexibility index (Phi) is 3.20. The molecule has 3 nitrogen and oxygen atoms in total. The molecule has 22 heavy (non-hydrogen) atoms. The van der Waals surface area contributed by atoms with Gasteiger partial charge in [-0.2, -0.15) is 0 Å². The number of nitrogens with one attached hydrogen (secondary N) is 2. The third-order valence-electron chi connectivity index (χ3n) is 3.79. The highest BCUT2D eigenvalue weighted by Crippen LogP contribution is 2.27. The molecule has 2 aromatic heterocycles. The number of anilines is 1. The van der Waals surface area contributed by atoms with E-state index in [-0.39, 0.29) is 0 Å². The van der Waals surface area contributed by atoms with Crippen LogP contribution in [-0.4, -0.2) is 9.97 Å². The molecule has 0 aliphatic carbocycles. The van der Waals surface area contributed by atoms with Crippen molar-refractivity contribution in [3.8, 4) is 0 Å². The molecule has 2 heterocycles. The Hall–Kier alpha value is -2.52. The standard InChI is InChI=1S/C18H14ClN3/c19-13-3-1-2-12(8-13)10-21-14-4-5-15-16-11-20-7-6-17(16)22-18(15)9-14/h1-9,11,21-22H,10H2. The Morgan fingerprint density at radius 1 is 1.00 bits per heavy atom. The number of fused-ring (bicyclic) bond motifs is 3. The van der Waals surface area contributed by atoms with Gasteiger partial charge in [0, 0.05) is 51.5 Å². The Morgan fingerprint density at radius 2 is 1.95 bits per heavy atom. The molecule has 0 saturated heterocycles. The number of aromatic amines is 1. The van der Waals surface area contributed by atoms with Gasteiger partial charge in [0.25, 0.3) is 0 Å². The van der Waals surface area contributed by atoms with Crippen molar-refractivity contribution < 1.29 is 0 Å². The number of rotatable bonds is 3. The molecule has 0 unspecified atom stereocenters. The second-order valence-electron chi connectivity index (χ2n) is 5.29. The number of hydrogen-bond donors (Lipinski definition) is 2. The van der Waals surface area contributed by atoms with Gasteiger partial charge in [0.15, 0.2) is 0 Å². The Balaban J connectivity index is 1.63. The van der Waals surface area contributed by atoms with Crippen LogP contribution in [0.2, 0.25) is 5.02 Å². The van der Waals surface area contributed by atoms with Gasteiger partial charge in [-0.25, -0.2) is 0 Å². The third kappa shape index (κ3) is 2.40. The summed E-state index contributed by atoms with van der Waals surface area (Å²) >= 11 is 6.01. The lowest BCUT2D eigenvalue weighted by molar-refractivity contribution is 1.15. The summed E-state index contributed by atoms with van der Waals surface area (Å²) in [6, 6.07) is 16.2. The van der Waals surface area contributed by atoms with E-state index >= 15 is 0 Å². The number of H-pyrrole nitrogens is 1. The number of aromatic nitrogens is 2. The maximum Gasteiger partial charge on any atom is 0.0495 e. The first-order valence-corrected chi connectivity index (χ1v) is 7.51. The minimum Gasteiger partial charge on any atom is -0.381 e. The van der Waals surface area contributed by atoms with E-state index in [2.05, 4.69) is 39.6 Å². The summed E-state index contributed by atoms with van der Waals surface area (Å²) in [6.07, 6.45) is 3.70. The molecule has 0 atom stereocenters. The first-order valence-electron chi connectivity index (χ1n) is 7.13. The van der Waals surface area contributed by atoms with Crippen molar-refractivity contribution in [3.63, 3.8) is 0 Å². The third-order valence-corrected chi connectivity index (χ3v) is 4.02. The fourth-order valence-corrected chi connectivity index (χ4v) is 2.92. The molecule has 0 bridgehead atoms. The Bertz CT molecular complexity index is 959. The molecule has 0 saturated carbocycles. The molecule has 0 amide bonds. The van der Waals surface area contributed by atoms with Gasteiger partial charge in [0.1, 0.15) is 0 Å². The van der Waals surface area contributed by atoms with Gasteiger partial charge in [-0.15, -0.1) is 0 Å². The van der Waals surface area contributed by atoms with Gasteiger partial charge in [-0.05, 0) is 35.9 Å². The summed E-state index contributed by atoms with van der Waals surface area (Å²) in [7, 11) is 0. The summed E-state index contributed by atoms with van der Waals surface area (Å²) in [5, 5.41) is 6.54. The molecule has 2 aromatic carbocycles. The van der Waals surface area contributed by atoms with Crippen LogP contribution in [0.1, 0.15) is 5.56 Å². The molecule has 2 N–H and O–H groups in total. The molecule has 4 rings (SSSR count). The Morgan fingerprint density at radius 3 is 2.86 bits per heavy atom. The lowest BCUT2D eigenvalue weighted by atomic mass is 10.1. The van der Waals surface area contributed by atoms with Gasteiger partial charge in [-0.1, -0.05) is 29.8 Å². The van der Waals surface area contributed by atoms with Crippen molar-refractivity contribution in [1.82, 2.24) is 9.97 Å². The second-order valence-corrected chi connectivity index (χ2v) is 5.73. The zero-order valence-corrected chi connectivity index (χ0v) is 12.6. The van der Waals surface area contributed by atoms with Gasteiger partial charge in [0.2, 0.25) is 0 Å². The van der Waals surface area contributed by atoms with E-state index in [1.54, 1.807) is 6.20 Å². The van der Waals surface area contributed by atoms with Gasteiger partial charge in [-0.3, -0.25) is 4.98 Å². The number of hydrogen-bond acceptors (Lipinski definition) is 2. The van der Waals surface area contributed by atoms with Crippen molar-refractivity contribution in [2.45, 2.75) is 6.54 Å². The van der Waals surface area contributed by atoms with Gasteiger partial charge >= 0.3 is 0 Å². The highest BCUT2D eigenvalue weighted by Gasteiger charge is 2.04. The smallest absolute Gasteiger partial charge is 0.0495 e. The molecule has 4 aromatic rings. The van der Waals surface area contributed by atoms with E-state index in [0.717, 1.165) is 39.2 Å². The van der Waals surface area contributed by atoms with E-state index in [0.29, 0.717) is 0 Å². The Labute approximate surface area is 132 Å². The minimum atomic E-state index is 0.744. The second kappa shape index (κ2) is 5.35. The molecule has 0 spiro atoms. The molecule has 0 aliphatic heterocycles. The molecule has 0 aliphatic rings. The first-order chi connectivity index (χ1) is 10.8. The summed E-state index contributed by atoms with van der Waals surface area (Å²) in [6.45, 7) is 0.744. The summed E-state index contributed by atoms with van der Waals surface area (Å²) in [5.74, 6) is 0. The van der Waals surface area contributed by atoms with Crippen molar-refractivity contribution in [2.75, 3.05) is 5.32 Å². The monoisotopic (exact) mass is 307 g/mol. The lowest BCUT2D eigenvalue weighted by Crippen LogP contribution is -1.98. The van der Waals surface area contributed by atoms with Crippen molar-refractivity contribution >= 4 is 39.1 Å². The molecule has 0 radical (unpaired) electrons. The normalized spacial score (nSPS) is 11.1. The van der Waals surface area contributed by atoms with E-state index in [4.69, 9.17) is 11.6 Å². The first kappa shape index (κ1) is 13.2. The van der Waals surface area contributed by atoms with Crippen LogP contribution in [0, 0.1) is 0 Å². The zero-order chi connectivity index (χ0) is 14.9. The van der Waals surface area contributed by atoms with Crippen LogP contribution < -0.4 is 5.32 Å². The number of pyridine rings is 1. The maximum atomic E-state index is 6.01.